The maximum Gasteiger partial charge on any atom is 0.0380 e. The number of hydrogen-bond donors (Lipinski definition) is 1. The number of rotatable bonds is 0. The second kappa shape index (κ2) is 2.89. The molecule has 0 radical (unpaired) electrons. The molecule has 1 aliphatic rings. The van der Waals surface area contributed by atoms with E-state index in [4.69, 9.17) is 5.41 Å². The molecule has 0 fully saturated rings. The molecule has 0 saturated carbocycles. The van der Waals surface area contributed by atoms with Crippen LogP contribution in [0.5, 0.6) is 0 Å². The molecule has 12 heavy (non-hydrogen) atoms. The summed E-state index contributed by atoms with van der Waals surface area (Å²) in [5, 5.41) is 7.56. The lowest BCUT2D eigenvalue weighted by atomic mass is 9.81. The molecule has 1 atom stereocenters. The fourth-order valence-electron chi connectivity index (χ4n) is 1.25. The van der Waals surface area contributed by atoms with Crippen LogP contribution >= 0.6 is 0 Å². The van der Waals surface area contributed by atoms with Gasteiger partial charge in [-0.3, -0.25) is 0 Å². The van der Waals surface area contributed by atoms with E-state index in [0.29, 0.717) is 5.71 Å². The summed E-state index contributed by atoms with van der Waals surface area (Å²) >= 11 is 0. The van der Waals surface area contributed by atoms with Crippen molar-refractivity contribution in [2.45, 2.75) is 27.7 Å². The summed E-state index contributed by atoms with van der Waals surface area (Å²) in [4.78, 5) is 0. The van der Waals surface area contributed by atoms with Crippen molar-refractivity contribution in [1.29, 1.82) is 5.41 Å². The Kier molecular flexibility index (Phi) is 2.22. The zero-order chi connectivity index (χ0) is 9.35. The topological polar surface area (TPSA) is 23.9 Å². The van der Waals surface area contributed by atoms with Gasteiger partial charge in [0.15, 0.2) is 0 Å². The zero-order valence-electron chi connectivity index (χ0n) is 8.31. The van der Waals surface area contributed by atoms with Crippen LogP contribution in [0, 0.1) is 16.7 Å². The Bertz CT molecular complexity index is 251. The van der Waals surface area contributed by atoms with E-state index in [1.807, 2.05) is 6.08 Å². The predicted octanol–water partition coefficient (Wildman–Crippen LogP) is 3.18. The molecule has 0 aromatic heterocycles. The van der Waals surface area contributed by atoms with Gasteiger partial charge in [0.25, 0.3) is 0 Å². The van der Waals surface area contributed by atoms with Gasteiger partial charge in [0.2, 0.25) is 0 Å². The number of nitrogens with one attached hydrogen (secondary N) is 1. The highest BCUT2D eigenvalue weighted by atomic mass is 14.4. The molecule has 1 N–H and O–H groups in total. The molecule has 0 amide bonds. The molecular formula is C11H17N. The second-order valence-electron chi connectivity index (χ2n) is 4.45. The molecule has 0 saturated heterocycles. The van der Waals surface area contributed by atoms with Gasteiger partial charge in [0, 0.05) is 11.6 Å². The Morgan fingerprint density at radius 1 is 1.25 bits per heavy atom. The van der Waals surface area contributed by atoms with Gasteiger partial charge in [0.05, 0.1) is 0 Å². The molecule has 1 nitrogen and oxygen atoms in total. The normalized spacial score (nSPS) is 24.2. The molecule has 0 aliphatic heterocycles. The highest BCUT2D eigenvalue weighted by molar-refractivity contribution is 5.96. The maximum atomic E-state index is 7.56. The first kappa shape index (κ1) is 9.24. The fraction of sp³-hybridized carbons (Fsp3) is 0.545. The van der Waals surface area contributed by atoms with Crippen molar-refractivity contribution in [3.63, 3.8) is 0 Å². The first-order chi connectivity index (χ1) is 5.41. The van der Waals surface area contributed by atoms with Crippen molar-refractivity contribution in [2.75, 3.05) is 0 Å². The highest BCUT2D eigenvalue weighted by Gasteiger charge is 2.19. The minimum Gasteiger partial charge on any atom is -0.305 e. The minimum atomic E-state index is 0.214. The van der Waals surface area contributed by atoms with Crippen molar-refractivity contribution in [3.8, 4) is 0 Å². The first-order valence-electron chi connectivity index (χ1n) is 4.40. The molecule has 1 rings (SSSR count). The van der Waals surface area contributed by atoms with E-state index >= 15 is 0 Å². The van der Waals surface area contributed by atoms with E-state index < -0.39 is 0 Å². The molecule has 0 aromatic rings. The lowest BCUT2D eigenvalue weighted by molar-refractivity contribution is 0.512. The second-order valence-corrected chi connectivity index (χ2v) is 4.45. The summed E-state index contributed by atoms with van der Waals surface area (Å²) in [6.07, 6.45) is 6.15. The largest absolute Gasteiger partial charge is 0.305 e. The van der Waals surface area contributed by atoms with E-state index in [1.165, 1.54) is 5.57 Å². The van der Waals surface area contributed by atoms with Gasteiger partial charge in [-0.15, -0.1) is 0 Å². The van der Waals surface area contributed by atoms with Gasteiger partial charge in [0.1, 0.15) is 0 Å². The first-order valence-corrected chi connectivity index (χ1v) is 4.40. The van der Waals surface area contributed by atoms with Crippen LogP contribution in [0.15, 0.2) is 23.8 Å². The van der Waals surface area contributed by atoms with E-state index in [-0.39, 0.29) is 11.3 Å². The van der Waals surface area contributed by atoms with Crippen LogP contribution in [0.25, 0.3) is 0 Å². The lowest BCUT2D eigenvalue weighted by Gasteiger charge is -2.24. The summed E-state index contributed by atoms with van der Waals surface area (Å²) in [7, 11) is 0. The molecule has 0 heterocycles. The summed E-state index contributed by atoms with van der Waals surface area (Å²) in [6.45, 7) is 8.66. The van der Waals surface area contributed by atoms with Crippen LogP contribution < -0.4 is 0 Å². The average Bonchev–Trinajstić information content (AvgIpc) is 1.92. The van der Waals surface area contributed by atoms with Crippen molar-refractivity contribution in [2.24, 2.45) is 11.3 Å². The van der Waals surface area contributed by atoms with Crippen molar-refractivity contribution in [3.05, 3.63) is 23.8 Å². The van der Waals surface area contributed by atoms with Crippen LogP contribution in [0.2, 0.25) is 0 Å². The smallest absolute Gasteiger partial charge is 0.0380 e. The highest BCUT2D eigenvalue weighted by Crippen LogP contribution is 2.29. The summed E-state index contributed by atoms with van der Waals surface area (Å²) in [5.41, 5.74) is 2.26. The molecule has 1 heteroatoms. The third kappa shape index (κ3) is 1.84. The molecule has 0 spiro atoms. The van der Waals surface area contributed by atoms with Gasteiger partial charge in [-0.25, -0.2) is 0 Å². The predicted molar refractivity (Wildman–Crippen MR) is 53.6 cm³/mol. The minimum absolute atomic E-state index is 0.214. The SMILES string of the molecule is CC1C=C(C(C)(C)C)C=CC1=N. The van der Waals surface area contributed by atoms with Crippen molar-refractivity contribution < 1.29 is 0 Å². The van der Waals surface area contributed by atoms with Gasteiger partial charge in [-0.05, 0) is 17.1 Å². The van der Waals surface area contributed by atoms with Crippen molar-refractivity contribution >= 4 is 5.71 Å². The fourth-order valence-corrected chi connectivity index (χ4v) is 1.25. The summed E-state index contributed by atoms with van der Waals surface area (Å²) in [6, 6.07) is 0. The Balaban J connectivity index is 2.91. The Labute approximate surface area is 74.7 Å². The van der Waals surface area contributed by atoms with Crippen LogP contribution in [0.3, 0.4) is 0 Å². The van der Waals surface area contributed by atoms with Crippen molar-refractivity contribution in [1.82, 2.24) is 0 Å². The molecular weight excluding hydrogens is 146 g/mol. The van der Waals surface area contributed by atoms with Crippen LogP contribution in [-0.2, 0) is 0 Å². The quantitative estimate of drug-likeness (QED) is 0.567. The zero-order valence-corrected chi connectivity index (χ0v) is 8.31. The van der Waals surface area contributed by atoms with Gasteiger partial charge in [-0.1, -0.05) is 39.8 Å². The number of hydrogen-bond acceptors (Lipinski definition) is 1. The van der Waals surface area contributed by atoms with Gasteiger partial charge >= 0.3 is 0 Å². The maximum absolute atomic E-state index is 7.56. The van der Waals surface area contributed by atoms with E-state index in [1.54, 1.807) is 0 Å². The third-order valence-corrected chi connectivity index (χ3v) is 2.23. The summed E-state index contributed by atoms with van der Waals surface area (Å²) in [5.74, 6) is 0.282. The van der Waals surface area contributed by atoms with Gasteiger partial charge < -0.3 is 5.41 Å². The van der Waals surface area contributed by atoms with Crippen LogP contribution in [0.1, 0.15) is 27.7 Å². The monoisotopic (exact) mass is 163 g/mol. The average molecular weight is 163 g/mol. The van der Waals surface area contributed by atoms with E-state index in [2.05, 4.69) is 39.8 Å². The molecule has 1 unspecified atom stereocenters. The van der Waals surface area contributed by atoms with Crippen LogP contribution in [-0.4, -0.2) is 5.71 Å². The summed E-state index contributed by atoms with van der Waals surface area (Å²) < 4.78 is 0. The van der Waals surface area contributed by atoms with Crippen LogP contribution in [0.4, 0.5) is 0 Å². The standard InChI is InChI=1S/C11H17N/c1-8-7-9(11(2,3)4)5-6-10(8)12/h5-8,12H,1-4H3. The Hall–Kier alpha value is -0.850. The Morgan fingerprint density at radius 2 is 1.83 bits per heavy atom. The number of allylic oxidation sites excluding steroid dienone is 4. The molecule has 0 aromatic carbocycles. The van der Waals surface area contributed by atoms with Gasteiger partial charge in [-0.2, -0.15) is 0 Å². The molecule has 66 valence electrons. The lowest BCUT2D eigenvalue weighted by Crippen LogP contribution is -2.15. The molecule has 1 aliphatic carbocycles. The Morgan fingerprint density at radius 3 is 2.25 bits per heavy atom. The third-order valence-electron chi connectivity index (χ3n) is 2.23. The molecule has 0 bridgehead atoms. The van der Waals surface area contributed by atoms with E-state index in [0.717, 1.165) is 0 Å². The van der Waals surface area contributed by atoms with E-state index in [9.17, 15) is 0 Å².